The number of hydrogen-bond acceptors (Lipinski definition) is 3. The van der Waals surface area contributed by atoms with Crippen molar-refractivity contribution in [3.8, 4) is 0 Å². The van der Waals surface area contributed by atoms with Gasteiger partial charge in [-0.1, -0.05) is 31.9 Å². The van der Waals surface area contributed by atoms with Crippen molar-refractivity contribution in [3.05, 3.63) is 0 Å². The molecule has 0 saturated heterocycles. The fraction of sp³-hybridized carbons (Fsp3) is 0.833. The number of hydrogen-bond donors (Lipinski definition) is 0. The summed E-state index contributed by atoms with van der Waals surface area (Å²) in [5, 5.41) is 0. The van der Waals surface area contributed by atoms with Crippen LogP contribution in [0.15, 0.2) is 0 Å². The standard InChI is InChI=1S/C6H10Br2O3/c1-4(9)6(7,8)5(10-2)11-3/h5H,1-3H3. The van der Waals surface area contributed by atoms with Crippen LogP contribution in [0.5, 0.6) is 0 Å². The van der Waals surface area contributed by atoms with E-state index in [2.05, 4.69) is 31.9 Å². The van der Waals surface area contributed by atoms with Crippen LogP contribution in [0.25, 0.3) is 0 Å². The predicted octanol–water partition coefficient (Wildman–Crippen LogP) is 1.68. The Kier molecular flexibility index (Phi) is 4.77. The molecule has 0 radical (unpaired) electrons. The van der Waals surface area contributed by atoms with Gasteiger partial charge in [0.05, 0.1) is 0 Å². The van der Waals surface area contributed by atoms with Crippen molar-refractivity contribution in [3.63, 3.8) is 0 Å². The van der Waals surface area contributed by atoms with Crippen LogP contribution >= 0.6 is 31.9 Å². The van der Waals surface area contributed by atoms with Crippen molar-refractivity contribution >= 4 is 37.6 Å². The first kappa shape index (κ1) is 11.6. The summed E-state index contributed by atoms with van der Waals surface area (Å²) < 4.78 is 8.84. The summed E-state index contributed by atoms with van der Waals surface area (Å²) >= 11 is 6.30. The zero-order valence-corrected chi connectivity index (χ0v) is 9.73. The molecule has 0 amide bonds. The van der Waals surface area contributed by atoms with E-state index in [1.807, 2.05) is 0 Å². The van der Waals surface area contributed by atoms with Crippen molar-refractivity contribution in [1.29, 1.82) is 0 Å². The van der Waals surface area contributed by atoms with Crippen molar-refractivity contribution in [1.82, 2.24) is 0 Å². The van der Waals surface area contributed by atoms with Gasteiger partial charge in [0, 0.05) is 14.2 Å². The second kappa shape index (κ2) is 4.54. The Labute approximate surface area is 82.7 Å². The molecule has 0 bridgehead atoms. The van der Waals surface area contributed by atoms with Gasteiger partial charge in [0.15, 0.2) is 15.3 Å². The largest absolute Gasteiger partial charge is 0.353 e. The number of halogens is 2. The van der Waals surface area contributed by atoms with Gasteiger partial charge in [0.25, 0.3) is 0 Å². The van der Waals surface area contributed by atoms with E-state index < -0.39 is 9.52 Å². The van der Waals surface area contributed by atoms with Gasteiger partial charge in [-0.15, -0.1) is 0 Å². The summed E-state index contributed by atoms with van der Waals surface area (Å²) in [6.07, 6.45) is -0.625. The molecule has 0 heterocycles. The molecule has 0 aliphatic heterocycles. The minimum absolute atomic E-state index is 0.105. The third kappa shape index (κ3) is 2.82. The Morgan fingerprint density at radius 2 is 1.73 bits per heavy atom. The second-order valence-electron chi connectivity index (χ2n) is 1.98. The Bertz CT molecular complexity index is 143. The smallest absolute Gasteiger partial charge is 0.189 e. The van der Waals surface area contributed by atoms with E-state index in [-0.39, 0.29) is 5.78 Å². The second-order valence-corrected chi connectivity index (χ2v) is 5.55. The Balaban J connectivity index is 4.36. The Morgan fingerprint density at radius 3 is 1.82 bits per heavy atom. The molecule has 0 aromatic rings. The molecule has 0 spiro atoms. The minimum Gasteiger partial charge on any atom is -0.353 e. The average molecular weight is 290 g/mol. The maximum Gasteiger partial charge on any atom is 0.189 e. The highest BCUT2D eigenvalue weighted by atomic mass is 79.9. The number of methoxy groups -OCH3 is 2. The molecule has 11 heavy (non-hydrogen) atoms. The predicted molar refractivity (Wildman–Crippen MR) is 49.1 cm³/mol. The molecule has 0 aliphatic carbocycles. The summed E-state index contributed by atoms with van der Waals surface area (Å²) in [5.74, 6) is -0.105. The van der Waals surface area contributed by atoms with Gasteiger partial charge in [-0.25, -0.2) is 0 Å². The van der Waals surface area contributed by atoms with Gasteiger partial charge in [0.2, 0.25) is 0 Å². The molecule has 3 nitrogen and oxygen atoms in total. The first-order valence-corrected chi connectivity index (χ1v) is 4.49. The molecule has 0 atom stereocenters. The zero-order chi connectivity index (χ0) is 9.07. The third-order valence-electron chi connectivity index (χ3n) is 1.19. The van der Waals surface area contributed by atoms with E-state index in [0.29, 0.717) is 0 Å². The highest BCUT2D eigenvalue weighted by Crippen LogP contribution is 2.33. The first-order chi connectivity index (χ1) is 4.96. The lowest BCUT2D eigenvalue weighted by molar-refractivity contribution is -0.135. The van der Waals surface area contributed by atoms with Crippen LogP contribution in [0.2, 0.25) is 0 Å². The van der Waals surface area contributed by atoms with Crippen molar-refractivity contribution in [2.24, 2.45) is 0 Å². The molecule has 66 valence electrons. The number of rotatable bonds is 4. The maximum absolute atomic E-state index is 11.0. The molecule has 0 fully saturated rings. The lowest BCUT2D eigenvalue weighted by atomic mass is 10.3. The number of Topliss-reactive ketones (excluding diaryl/α,β-unsaturated/α-hetero) is 1. The molecule has 0 unspecified atom stereocenters. The molecule has 0 aromatic carbocycles. The molecular formula is C6H10Br2O3. The van der Waals surface area contributed by atoms with E-state index in [0.717, 1.165) is 0 Å². The van der Waals surface area contributed by atoms with Crippen LogP contribution in [-0.4, -0.2) is 29.5 Å². The van der Waals surface area contributed by atoms with E-state index in [1.54, 1.807) is 0 Å². The van der Waals surface area contributed by atoms with Crippen LogP contribution in [-0.2, 0) is 14.3 Å². The lowest BCUT2D eigenvalue weighted by Crippen LogP contribution is -2.39. The summed E-state index contributed by atoms with van der Waals surface area (Å²) in [5.41, 5.74) is 0. The first-order valence-electron chi connectivity index (χ1n) is 2.91. The summed E-state index contributed by atoms with van der Waals surface area (Å²) in [7, 11) is 2.93. The lowest BCUT2D eigenvalue weighted by Gasteiger charge is -2.25. The van der Waals surface area contributed by atoms with E-state index in [4.69, 9.17) is 9.47 Å². The average Bonchev–Trinajstić information content (AvgIpc) is 1.89. The van der Waals surface area contributed by atoms with Gasteiger partial charge in [-0.3, -0.25) is 4.79 Å². The van der Waals surface area contributed by atoms with Crippen LogP contribution in [0.4, 0.5) is 0 Å². The summed E-state index contributed by atoms with van der Waals surface area (Å²) in [6.45, 7) is 1.44. The van der Waals surface area contributed by atoms with Gasteiger partial charge < -0.3 is 9.47 Å². The van der Waals surface area contributed by atoms with E-state index >= 15 is 0 Å². The molecule has 0 aliphatic rings. The Morgan fingerprint density at radius 1 is 1.36 bits per heavy atom. The van der Waals surface area contributed by atoms with Crippen LogP contribution < -0.4 is 0 Å². The number of ketones is 1. The molecule has 0 rings (SSSR count). The SMILES string of the molecule is COC(OC)C(Br)(Br)C(C)=O. The van der Waals surface area contributed by atoms with Gasteiger partial charge >= 0.3 is 0 Å². The fourth-order valence-corrected chi connectivity index (χ4v) is 1.31. The molecule has 5 heteroatoms. The Hall–Kier alpha value is 0.550. The van der Waals surface area contributed by atoms with E-state index in [9.17, 15) is 4.79 Å². The van der Waals surface area contributed by atoms with Gasteiger partial charge in [-0.05, 0) is 6.92 Å². The normalized spacial score (nSPS) is 12.2. The van der Waals surface area contributed by atoms with Crippen LogP contribution in [0, 0.1) is 0 Å². The highest BCUT2D eigenvalue weighted by Gasteiger charge is 2.39. The fourth-order valence-electron chi connectivity index (χ4n) is 0.558. The van der Waals surface area contributed by atoms with Gasteiger partial charge in [0.1, 0.15) is 0 Å². The topological polar surface area (TPSA) is 35.5 Å². The maximum atomic E-state index is 11.0. The number of ether oxygens (including phenoxy) is 2. The number of carbonyl (C=O) groups is 1. The van der Waals surface area contributed by atoms with Crippen molar-refractivity contribution < 1.29 is 14.3 Å². The minimum atomic E-state index is -0.941. The molecular weight excluding hydrogens is 280 g/mol. The van der Waals surface area contributed by atoms with E-state index in [1.165, 1.54) is 21.1 Å². The van der Waals surface area contributed by atoms with Crippen LogP contribution in [0.3, 0.4) is 0 Å². The summed E-state index contributed by atoms with van der Waals surface area (Å²) in [4.78, 5) is 11.0. The number of carbonyl (C=O) groups excluding carboxylic acids is 1. The third-order valence-corrected chi connectivity index (χ3v) is 3.06. The molecule has 0 aromatic heterocycles. The quantitative estimate of drug-likeness (QED) is 0.584. The number of alkyl halides is 2. The molecule has 0 saturated carbocycles. The van der Waals surface area contributed by atoms with Crippen molar-refractivity contribution in [2.75, 3.05) is 14.2 Å². The summed E-state index contributed by atoms with van der Waals surface area (Å²) in [6, 6.07) is 0. The van der Waals surface area contributed by atoms with Crippen LogP contribution in [0.1, 0.15) is 6.92 Å². The monoisotopic (exact) mass is 288 g/mol. The highest BCUT2D eigenvalue weighted by molar-refractivity contribution is 9.26. The molecule has 0 N–H and O–H groups in total. The zero-order valence-electron chi connectivity index (χ0n) is 6.56. The van der Waals surface area contributed by atoms with Crippen molar-refractivity contribution in [2.45, 2.75) is 16.4 Å². The van der Waals surface area contributed by atoms with Gasteiger partial charge in [-0.2, -0.15) is 0 Å².